The standard InChI is InChI=1S/C10H23NO3S/c1-9(2)8-14-7-5-6-11-15(12,13)10(3)4/h9-11H,5-8H2,1-4H3. The van der Waals surface area contributed by atoms with Gasteiger partial charge in [0.05, 0.1) is 5.25 Å². The van der Waals surface area contributed by atoms with Crippen molar-refractivity contribution in [3.63, 3.8) is 0 Å². The third-order valence-corrected chi connectivity index (χ3v) is 3.69. The fraction of sp³-hybridized carbons (Fsp3) is 1.00. The highest BCUT2D eigenvalue weighted by atomic mass is 32.2. The molecule has 0 aliphatic carbocycles. The molecule has 0 aromatic carbocycles. The van der Waals surface area contributed by atoms with E-state index in [9.17, 15) is 8.42 Å². The van der Waals surface area contributed by atoms with Crippen LogP contribution in [0.4, 0.5) is 0 Å². The van der Waals surface area contributed by atoms with Crippen LogP contribution in [0.15, 0.2) is 0 Å². The second-order valence-electron chi connectivity index (χ2n) is 4.31. The first-order valence-electron chi connectivity index (χ1n) is 5.42. The van der Waals surface area contributed by atoms with E-state index in [0.29, 0.717) is 19.1 Å². The summed E-state index contributed by atoms with van der Waals surface area (Å²) < 4.78 is 30.5. The highest BCUT2D eigenvalue weighted by molar-refractivity contribution is 7.90. The summed E-state index contributed by atoms with van der Waals surface area (Å²) in [7, 11) is -3.11. The molecule has 0 fully saturated rings. The second-order valence-corrected chi connectivity index (χ2v) is 6.63. The summed E-state index contributed by atoms with van der Waals surface area (Å²) in [6, 6.07) is 0. The summed E-state index contributed by atoms with van der Waals surface area (Å²) in [5, 5.41) is -0.367. The summed E-state index contributed by atoms with van der Waals surface area (Å²) in [5.41, 5.74) is 0. The number of rotatable bonds is 8. The van der Waals surface area contributed by atoms with E-state index in [1.54, 1.807) is 13.8 Å². The van der Waals surface area contributed by atoms with Crippen LogP contribution in [0.5, 0.6) is 0 Å². The minimum atomic E-state index is -3.11. The Balaban J connectivity index is 3.47. The summed E-state index contributed by atoms with van der Waals surface area (Å²) in [6.07, 6.45) is 0.721. The third-order valence-electron chi connectivity index (χ3n) is 1.84. The molecule has 0 bridgehead atoms. The zero-order valence-corrected chi connectivity index (χ0v) is 10.9. The van der Waals surface area contributed by atoms with Crippen LogP contribution in [-0.2, 0) is 14.8 Å². The molecule has 0 spiro atoms. The van der Waals surface area contributed by atoms with Crippen molar-refractivity contribution in [2.75, 3.05) is 19.8 Å². The van der Waals surface area contributed by atoms with E-state index < -0.39 is 10.0 Å². The van der Waals surface area contributed by atoms with Crippen molar-refractivity contribution < 1.29 is 13.2 Å². The van der Waals surface area contributed by atoms with E-state index in [1.165, 1.54) is 0 Å². The minimum Gasteiger partial charge on any atom is -0.381 e. The van der Waals surface area contributed by atoms with Gasteiger partial charge >= 0.3 is 0 Å². The fourth-order valence-corrected chi connectivity index (χ4v) is 1.64. The predicted molar refractivity (Wildman–Crippen MR) is 62.3 cm³/mol. The number of ether oxygens (including phenoxy) is 1. The molecule has 0 aromatic rings. The van der Waals surface area contributed by atoms with Gasteiger partial charge in [-0.2, -0.15) is 0 Å². The molecule has 0 heterocycles. The molecule has 0 aliphatic heterocycles. The van der Waals surface area contributed by atoms with Crippen LogP contribution in [-0.4, -0.2) is 33.4 Å². The lowest BCUT2D eigenvalue weighted by Gasteiger charge is -2.10. The van der Waals surface area contributed by atoms with E-state index in [4.69, 9.17) is 4.74 Å². The highest BCUT2D eigenvalue weighted by Gasteiger charge is 2.13. The molecule has 0 unspecified atom stereocenters. The molecule has 5 heteroatoms. The van der Waals surface area contributed by atoms with Crippen LogP contribution < -0.4 is 4.72 Å². The molecular weight excluding hydrogens is 214 g/mol. The lowest BCUT2D eigenvalue weighted by Crippen LogP contribution is -2.32. The first kappa shape index (κ1) is 14.9. The lowest BCUT2D eigenvalue weighted by molar-refractivity contribution is 0.108. The smallest absolute Gasteiger partial charge is 0.213 e. The van der Waals surface area contributed by atoms with Crippen molar-refractivity contribution in [3.05, 3.63) is 0 Å². The Morgan fingerprint density at radius 3 is 2.27 bits per heavy atom. The van der Waals surface area contributed by atoms with Gasteiger partial charge in [0.1, 0.15) is 0 Å². The molecule has 0 amide bonds. The van der Waals surface area contributed by atoms with Crippen LogP contribution in [0.3, 0.4) is 0 Å². The molecule has 92 valence electrons. The zero-order chi connectivity index (χ0) is 11.9. The monoisotopic (exact) mass is 237 g/mol. The first-order chi connectivity index (χ1) is 6.86. The van der Waals surface area contributed by atoms with E-state index in [2.05, 4.69) is 18.6 Å². The van der Waals surface area contributed by atoms with E-state index >= 15 is 0 Å². The average Bonchev–Trinajstić information content (AvgIpc) is 2.10. The molecule has 0 atom stereocenters. The number of hydrogen-bond donors (Lipinski definition) is 1. The van der Waals surface area contributed by atoms with Gasteiger partial charge in [0, 0.05) is 19.8 Å². The topological polar surface area (TPSA) is 55.4 Å². The van der Waals surface area contributed by atoms with Gasteiger partial charge in [-0.3, -0.25) is 0 Å². The molecule has 0 saturated carbocycles. The molecule has 15 heavy (non-hydrogen) atoms. The van der Waals surface area contributed by atoms with Gasteiger partial charge in [-0.15, -0.1) is 0 Å². The van der Waals surface area contributed by atoms with Crippen molar-refractivity contribution in [1.29, 1.82) is 0 Å². The maximum atomic E-state index is 11.3. The summed E-state index contributed by atoms with van der Waals surface area (Å²) in [4.78, 5) is 0. The predicted octanol–water partition coefficient (Wildman–Crippen LogP) is 1.38. The molecule has 0 aromatic heterocycles. The van der Waals surface area contributed by atoms with E-state index in [1.807, 2.05) is 0 Å². The van der Waals surface area contributed by atoms with Crippen LogP contribution >= 0.6 is 0 Å². The highest BCUT2D eigenvalue weighted by Crippen LogP contribution is 1.96. The maximum absolute atomic E-state index is 11.3. The Morgan fingerprint density at radius 2 is 1.80 bits per heavy atom. The largest absolute Gasteiger partial charge is 0.381 e. The average molecular weight is 237 g/mol. The Kier molecular flexibility index (Phi) is 7.13. The fourth-order valence-electron chi connectivity index (χ4n) is 0.874. The Bertz CT molecular complexity index is 247. The Morgan fingerprint density at radius 1 is 1.20 bits per heavy atom. The molecule has 0 aliphatic rings. The minimum absolute atomic E-state index is 0.367. The van der Waals surface area contributed by atoms with Crippen LogP contribution in [0, 0.1) is 5.92 Å². The van der Waals surface area contributed by atoms with Crippen LogP contribution in [0.2, 0.25) is 0 Å². The summed E-state index contributed by atoms with van der Waals surface area (Å²) >= 11 is 0. The molecule has 0 saturated heterocycles. The van der Waals surface area contributed by atoms with Gasteiger partial charge in [-0.25, -0.2) is 13.1 Å². The second kappa shape index (κ2) is 7.19. The van der Waals surface area contributed by atoms with Crippen molar-refractivity contribution in [1.82, 2.24) is 4.72 Å². The Hall–Kier alpha value is -0.130. The SMILES string of the molecule is CC(C)COCCCNS(=O)(=O)C(C)C. The molecule has 1 N–H and O–H groups in total. The van der Waals surface area contributed by atoms with Crippen molar-refractivity contribution in [2.24, 2.45) is 5.92 Å². The van der Waals surface area contributed by atoms with Crippen LogP contribution in [0.25, 0.3) is 0 Å². The lowest BCUT2D eigenvalue weighted by atomic mass is 10.2. The van der Waals surface area contributed by atoms with Gasteiger partial charge < -0.3 is 4.74 Å². The number of sulfonamides is 1. The van der Waals surface area contributed by atoms with E-state index in [-0.39, 0.29) is 5.25 Å². The van der Waals surface area contributed by atoms with Gasteiger partial charge in [0.2, 0.25) is 10.0 Å². The van der Waals surface area contributed by atoms with Gasteiger partial charge in [-0.05, 0) is 26.2 Å². The normalized spacial score (nSPS) is 12.7. The Labute approximate surface area is 93.4 Å². The zero-order valence-electron chi connectivity index (χ0n) is 10.1. The summed E-state index contributed by atoms with van der Waals surface area (Å²) in [6.45, 7) is 9.30. The van der Waals surface area contributed by atoms with Crippen LogP contribution in [0.1, 0.15) is 34.1 Å². The molecular formula is C10H23NO3S. The van der Waals surface area contributed by atoms with Gasteiger partial charge in [0.15, 0.2) is 0 Å². The number of nitrogens with one attached hydrogen (secondary N) is 1. The quantitative estimate of drug-likeness (QED) is 0.649. The van der Waals surface area contributed by atoms with Crippen molar-refractivity contribution in [2.45, 2.75) is 39.4 Å². The van der Waals surface area contributed by atoms with E-state index in [0.717, 1.165) is 13.0 Å². The summed E-state index contributed by atoms with van der Waals surface area (Å²) in [5.74, 6) is 0.525. The van der Waals surface area contributed by atoms with Crippen molar-refractivity contribution >= 4 is 10.0 Å². The van der Waals surface area contributed by atoms with Gasteiger partial charge in [-0.1, -0.05) is 13.8 Å². The maximum Gasteiger partial charge on any atom is 0.213 e. The molecule has 4 nitrogen and oxygen atoms in total. The van der Waals surface area contributed by atoms with Crippen molar-refractivity contribution in [3.8, 4) is 0 Å². The number of hydrogen-bond acceptors (Lipinski definition) is 3. The molecule has 0 radical (unpaired) electrons. The molecule has 0 rings (SSSR count). The van der Waals surface area contributed by atoms with Gasteiger partial charge in [0.25, 0.3) is 0 Å². The third kappa shape index (κ3) is 7.76. The first-order valence-corrected chi connectivity index (χ1v) is 6.97.